The lowest BCUT2D eigenvalue weighted by atomic mass is 9.91. The Kier molecular flexibility index (Phi) is 4.99. The van der Waals surface area contributed by atoms with Crippen LogP contribution in [0.3, 0.4) is 0 Å². The van der Waals surface area contributed by atoms with E-state index >= 15 is 0 Å². The van der Waals surface area contributed by atoms with Crippen LogP contribution in [-0.4, -0.2) is 29.8 Å². The van der Waals surface area contributed by atoms with Gasteiger partial charge in [0.05, 0.1) is 11.3 Å². The molecule has 0 N–H and O–H groups in total. The van der Waals surface area contributed by atoms with Crippen LogP contribution in [0.4, 0.5) is 10.1 Å². The highest BCUT2D eigenvalue weighted by Crippen LogP contribution is 2.37. The van der Waals surface area contributed by atoms with E-state index in [4.69, 9.17) is 0 Å². The van der Waals surface area contributed by atoms with Crippen molar-refractivity contribution in [2.75, 3.05) is 18.0 Å². The fourth-order valence-corrected chi connectivity index (χ4v) is 4.49. The Bertz CT molecular complexity index is 986. The summed E-state index contributed by atoms with van der Waals surface area (Å²) in [6.45, 7) is 7.70. The molecule has 4 rings (SSSR count). The average molecular weight is 392 g/mol. The predicted octanol–water partition coefficient (Wildman–Crippen LogP) is 4.40. The molecule has 2 aromatic carbocycles. The second-order valence-corrected chi connectivity index (χ2v) is 8.34. The van der Waals surface area contributed by atoms with Crippen LogP contribution < -0.4 is 4.90 Å². The molecule has 0 radical (unpaired) electrons. The molecule has 2 atom stereocenters. The maximum atomic E-state index is 14.5. The largest absolute Gasteiger partial charge is 0.366 e. The number of amides is 2. The van der Waals surface area contributed by atoms with E-state index < -0.39 is 17.6 Å². The van der Waals surface area contributed by atoms with Gasteiger partial charge in [-0.05, 0) is 42.9 Å². The first kappa shape index (κ1) is 19.4. The van der Waals surface area contributed by atoms with Gasteiger partial charge in [-0.3, -0.25) is 9.59 Å². The highest BCUT2D eigenvalue weighted by atomic mass is 19.1. The van der Waals surface area contributed by atoms with Gasteiger partial charge in [0.25, 0.3) is 11.8 Å². The van der Waals surface area contributed by atoms with Gasteiger partial charge in [0, 0.05) is 13.1 Å². The van der Waals surface area contributed by atoms with Crippen molar-refractivity contribution in [3.05, 3.63) is 71.2 Å². The van der Waals surface area contributed by atoms with E-state index in [-0.39, 0.29) is 5.69 Å². The van der Waals surface area contributed by atoms with Crippen LogP contribution in [0.5, 0.6) is 0 Å². The number of halogens is 1. The van der Waals surface area contributed by atoms with Crippen LogP contribution in [0.25, 0.3) is 5.57 Å². The first-order chi connectivity index (χ1) is 13.9. The maximum absolute atomic E-state index is 14.5. The third kappa shape index (κ3) is 3.46. The average Bonchev–Trinajstić information content (AvgIpc) is 2.93. The number of hydrogen-bond acceptors (Lipinski definition) is 3. The van der Waals surface area contributed by atoms with Crippen molar-refractivity contribution in [1.82, 2.24) is 4.90 Å². The molecule has 5 heteroatoms. The van der Waals surface area contributed by atoms with E-state index in [0.717, 1.165) is 16.9 Å². The van der Waals surface area contributed by atoms with Crippen LogP contribution >= 0.6 is 0 Å². The summed E-state index contributed by atoms with van der Waals surface area (Å²) in [5, 5.41) is 0. The van der Waals surface area contributed by atoms with Gasteiger partial charge in [-0.25, -0.2) is 9.29 Å². The smallest absolute Gasteiger partial charge is 0.282 e. The molecule has 150 valence electrons. The molecule has 4 nitrogen and oxygen atoms in total. The zero-order chi connectivity index (χ0) is 20.7. The molecular weight excluding hydrogens is 367 g/mol. The van der Waals surface area contributed by atoms with Gasteiger partial charge in [0.15, 0.2) is 0 Å². The molecule has 0 aromatic heterocycles. The molecule has 0 aliphatic carbocycles. The Morgan fingerprint density at radius 1 is 0.897 bits per heavy atom. The van der Waals surface area contributed by atoms with Gasteiger partial charge in [0.2, 0.25) is 0 Å². The van der Waals surface area contributed by atoms with Crippen LogP contribution in [0, 0.1) is 24.6 Å². The lowest BCUT2D eigenvalue weighted by Crippen LogP contribution is -2.42. The molecule has 0 saturated carbocycles. The predicted molar refractivity (Wildman–Crippen MR) is 112 cm³/mol. The highest BCUT2D eigenvalue weighted by Gasteiger charge is 2.44. The third-order valence-corrected chi connectivity index (χ3v) is 5.68. The maximum Gasteiger partial charge on any atom is 0.282 e. The van der Waals surface area contributed by atoms with E-state index in [0.29, 0.717) is 41.8 Å². The standard InChI is InChI=1S/C24H25FN2O2/c1-15-8-10-18(11-9-15)21-22(26-13-16(2)12-17(3)14-26)24(29)27(23(21)28)20-7-5-4-6-19(20)25/h4-11,16-17H,12-14H2,1-3H3. The summed E-state index contributed by atoms with van der Waals surface area (Å²) in [5.74, 6) is -0.673. The number of rotatable bonds is 3. The van der Waals surface area contributed by atoms with Gasteiger partial charge in [-0.1, -0.05) is 55.8 Å². The van der Waals surface area contributed by atoms with Gasteiger partial charge < -0.3 is 4.90 Å². The normalized spacial score (nSPS) is 22.6. The number of imide groups is 1. The van der Waals surface area contributed by atoms with E-state index in [1.54, 1.807) is 12.1 Å². The molecule has 2 amide bonds. The van der Waals surface area contributed by atoms with E-state index in [1.807, 2.05) is 36.1 Å². The van der Waals surface area contributed by atoms with Crippen molar-refractivity contribution in [1.29, 1.82) is 0 Å². The minimum atomic E-state index is -0.584. The van der Waals surface area contributed by atoms with Crippen molar-refractivity contribution >= 4 is 23.1 Å². The Labute approximate surface area is 170 Å². The highest BCUT2D eigenvalue weighted by molar-refractivity contribution is 6.45. The van der Waals surface area contributed by atoms with Crippen molar-refractivity contribution in [2.45, 2.75) is 27.2 Å². The molecule has 29 heavy (non-hydrogen) atoms. The van der Waals surface area contributed by atoms with Gasteiger partial charge in [-0.2, -0.15) is 0 Å². The second kappa shape index (κ2) is 7.47. The second-order valence-electron chi connectivity index (χ2n) is 8.34. The van der Waals surface area contributed by atoms with E-state index in [2.05, 4.69) is 13.8 Å². The number of piperidine rings is 1. The molecule has 1 saturated heterocycles. The number of benzene rings is 2. The van der Waals surface area contributed by atoms with Gasteiger partial charge >= 0.3 is 0 Å². The SMILES string of the molecule is Cc1ccc(C2=C(N3CC(C)CC(C)C3)C(=O)N(c3ccccc3F)C2=O)cc1. The van der Waals surface area contributed by atoms with Crippen LogP contribution in [-0.2, 0) is 9.59 Å². The summed E-state index contributed by atoms with van der Waals surface area (Å²) in [4.78, 5) is 29.9. The first-order valence-corrected chi connectivity index (χ1v) is 10.1. The monoisotopic (exact) mass is 392 g/mol. The molecule has 2 heterocycles. The Morgan fingerprint density at radius 2 is 1.52 bits per heavy atom. The summed E-state index contributed by atoms with van der Waals surface area (Å²) in [7, 11) is 0. The summed E-state index contributed by atoms with van der Waals surface area (Å²) < 4.78 is 14.5. The quantitative estimate of drug-likeness (QED) is 0.727. The van der Waals surface area contributed by atoms with Crippen molar-refractivity contribution in [3.63, 3.8) is 0 Å². The number of hydrogen-bond donors (Lipinski definition) is 0. The summed E-state index contributed by atoms with van der Waals surface area (Å²) in [6.07, 6.45) is 1.09. The number of nitrogens with zero attached hydrogens (tertiary/aromatic N) is 2. The first-order valence-electron chi connectivity index (χ1n) is 10.1. The Morgan fingerprint density at radius 3 is 2.14 bits per heavy atom. The van der Waals surface area contributed by atoms with E-state index in [9.17, 15) is 14.0 Å². The third-order valence-electron chi connectivity index (χ3n) is 5.68. The van der Waals surface area contributed by atoms with E-state index in [1.165, 1.54) is 12.1 Å². The zero-order valence-electron chi connectivity index (χ0n) is 17.0. The fourth-order valence-electron chi connectivity index (χ4n) is 4.49. The van der Waals surface area contributed by atoms with Crippen molar-refractivity contribution in [2.24, 2.45) is 11.8 Å². The molecule has 2 unspecified atom stereocenters. The molecular formula is C24H25FN2O2. The summed E-state index contributed by atoms with van der Waals surface area (Å²) in [6, 6.07) is 13.5. The topological polar surface area (TPSA) is 40.6 Å². The molecule has 2 aliphatic heterocycles. The van der Waals surface area contributed by atoms with Crippen LogP contribution in [0.1, 0.15) is 31.4 Å². The van der Waals surface area contributed by atoms with Crippen LogP contribution in [0.2, 0.25) is 0 Å². The van der Waals surface area contributed by atoms with Crippen molar-refractivity contribution in [3.8, 4) is 0 Å². The zero-order valence-corrected chi connectivity index (χ0v) is 17.0. The number of para-hydroxylation sites is 1. The van der Waals surface area contributed by atoms with Crippen molar-refractivity contribution < 1.29 is 14.0 Å². The Balaban J connectivity index is 1.85. The van der Waals surface area contributed by atoms with Gasteiger partial charge in [-0.15, -0.1) is 0 Å². The lowest BCUT2D eigenvalue weighted by molar-refractivity contribution is -0.121. The summed E-state index contributed by atoms with van der Waals surface area (Å²) in [5.41, 5.74) is 2.51. The number of carbonyl (C=O) groups is 2. The molecule has 2 aromatic rings. The van der Waals surface area contributed by atoms with Crippen LogP contribution in [0.15, 0.2) is 54.2 Å². The fraction of sp³-hybridized carbons (Fsp3) is 0.333. The Hall–Kier alpha value is -2.95. The van der Waals surface area contributed by atoms with Gasteiger partial charge in [0.1, 0.15) is 11.5 Å². The number of anilines is 1. The molecule has 2 aliphatic rings. The minimum Gasteiger partial charge on any atom is -0.366 e. The number of aryl methyl sites for hydroxylation is 1. The number of carbonyl (C=O) groups excluding carboxylic acids is 2. The number of likely N-dealkylation sites (tertiary alicyclic amines) is 1. The molecule has 1 fully saturated rings. The minimum absolute atomic E-state index is 0.000202. The molecule has 0 bridgehead atoms. The summed E-state index contributed by atoms with van der Waals surface area (Å²) >= 11 is 0. The lowest BCUT2D eigenvalue weighted by Gasteiger charge is -2.37. The molecule has 0 spiro atoms.